The van der Waals surface area contributed by atoms with Gasteiger partial charge in [-0.2, -0.15) is 0 Å². The summed E-state index contributed by atoms with van der Waals surface area (Å²) in [6.45, 7) is 5.06. The van der Waals surface area contributed by atoms with E-state index in [-0.39, 0.29) is 5.01 Å². The first-order valence-corrected chi connectivity index (χ1v) is 11.0. The second-order valence-electron chi connectivity index (χ2n) is 7.15. The monoisotopic (exact) mass is 495 g/mol. The van der Waals surface area contributed by atoms with Crippen molar-refractivity contribution in [2.45, 2.75) is 59.0 Å². The van der Waals surface area contributed by atoms with Gasteiger partial charge in [-0.15, -0.1) is 11.3 Å². The second kappa shape index (κ2) is 12.1. The van der Waals surface area contributed by atoms with Crippen LogP contribution < -0.4 is 0 Å². The lowest BCUT2D eigenvalue weighted by molar-refractivity contribution is -0.203. The fourth-order valence-electron chi connectivity index (χ4n) is 3.10. The average Bonchev–Trinajstić information content (AvgIpc) is 3.15. The number of aromatic nitrogens is 1. The van der Waals surface area contributed by atoms with Crippen LogP contribution in [0.4, 0.5) is 0 Å². The summed E-state index contributed by atoms with van der Waals surface area (Å²) in [6.07, 6.45) is -5.73. The Bertz CT molecular complexity index is 1030. The number of nitrogens with zero attached hydrogens (tertiary/aromatic N) is 1. The third kappa shape index (κ3) is 7.80. The Morgan fingerprint density at radius 2 is 1.32 bits per heavy atom. The fraction of sp³-hybridized carbons (Fsp3) is 0.455. The molecule has 12 heteroatoms. The maximum absolute atomic E-state index is 12.0. The van der Waals surface area contributed by atoms with Crippen molar-refractivity contribution in [3.05, 3.63) is 29.3 Å². The van der Waals surface area contributed by atoms with Gasteiger partial charge in [0.1, 0.15) is 11.6 Å². The summed E-state index contributed by atoms with van der Waals surface area (Å²) in [5, 5.41) is 0.244. The lowest BCUT2D eigenvalue weighted by Crippen LogP contribution is -2.50. The molecular weight excluding hydrogens is 470 g/mol. The largest absolute Gasteiger partial charge is 0.462 e. The smallest absolute Gasteiger partial charge is 0.303 e. The normalized spacial score (nSPS) is 14.3. The molecule has 0 bridgehead atoms. The van der Waals surface area contributed by atoms with Gasteiger partial charge in [0.2, 0.25) is 0 Å². The van der Waals surface area contributed by atoms with Gasteiger partial charge in [0, 0.05) is 34.6 Å². The molecule has 0 radical (unpaired) electrons. The molecule has 0 N–H and O–H groups in total. The third-order valence-corrected chi connectivity index (χ3v) is 5.31. The Balaban J connectivity index is 2.62. The Hall–Kier alpha value is -3.54. The van der Waals surface area contributed by atoms with Crippen molar-refractivity contribution >= 4 is 51.4 Å². The molecule has 0 amide bonds. The number of esters is 5. The molecule has 0 saturated heterocycles. The van der Waals surface area contributed by atoms with Crippen molar-refractivity contribution in [1.82, 2.24) is 4.98 Å². The Kier molecular flexibility index (Phi) is 9.48. The minimum Gasteiger partial charge on any atom is -0.462 e. The molecule has 0 aliphatic rings. The van der Waals surface area contributed by atoms with E-state index in [1.54, 1.807) is 24.3 Å². The number of para-hydroxylation sites is 1. The Labute approximate surface area is 199 Å². The zero-order valence-electron chi connectivity index (χ0n) is 19.3. The molecule has 0 spiro atoms. The van der Waals surface area contributed by atoms with Crippen LogP contribution in [0.25, 0.3) is 10.2 Å². The SMILES string of the molecule is CC(=O)OC[C@@H](OC(C)=O)[C@H](OC(C)=O)[C@H](OC(C)=O)[C@@H](OC(C)=O)c1nc2ccccc2s1. The van der Waals surface area contributed by atoms with Crippen molar-refractivity contribution in [3.8, 4) is 0 Å². The number of carbonyl (C=O) groups is 5. The molecule has 0 unspecified atom stereocenters. The van der Waals surface area contributed by atoms with Crippen LogP contribution in [0.3, 0.4) is 0 Å². The maximum Gasteiger partial charge on any atom is 0.303 e. The topological polar surface area (TPSA) is 144 Å². The van der Waals surface area contributed by atoms with Crippen molar-refractivity contribution in [3.63, 3.8) is 0 Å². The summed E-state index contributed by atoms with van der Waals surface area (Å²) in [5.74, 6) is -3.81. The molecule has 34 heavy (non-hydrogen) atoms. The van der Waals surface area contributed by atoms with Gasteiger partial charge in [-0.3, -0.25) is 24.0 Å². The zero-order valence-corrected chi connectivity index (χ0v) is 20.1. The first kappa shape index (κ1) is 26.7. The lowest BCUT2D eigenvalue weighted by Gasteiger charge is -2.34. The number of thiazole rings is 1. The molecule has 1 aromatic heterocycles. The summed E-state index contributed by atoms with van der Waals surface area (Å²) < 4.78 is 27.2. The summed E-state index contributed by atoms with van der Waals surface area (Å²) >= 11 is 1.17. The number of rotatable bonds is 10. The van der Waals surface area contributed by atoms with Crippen LogP contribution in [0, 0.1) is 0 Å². The Morgan fingerprint density at radius 1 is 0.765 bits per heavy atom. The number of ether oxygens (including phenoxy) is 5. The number of carbonyl (C=O) groups excluding carboxylic acids is 5. The molecule has 184 valence electrons. The van der Waals surface area contributed by atoms with Gasteiger partial charge < -0.3 is 23.7 Å². The number of fused-ring (bicyclic) bond motifs is 1. The molecule has 0 aliphatic heterocycles. The zero-order chi connectivity index (χ0) is 25.4. The van der Waals surface area contributed by atoms with E-state index in [1.165, 1.54) is 11.3 Å². The standard InChI is InChI=1S/C22H25NO10S/c1-11(24)29-10-17(30-12(2)25)19(31-13(3)26)20(32-14(4)27)21(33-15(5)28)22-23-16-8-6-7-9-18(16)34-22/h6-9,17,19-21H,10H2,1-5H3/t17-,19+,20+,21-/m1/s1. The van der Waals surface area contributed by atoms with E-state index >= 15 is 0 Å². The summed E-state index contributed by atoms with van der Waals surface area (Å²) in [6, 6.07) is 7.11. The number of benzene rings is 1. The molecular formula is C22H25NO10S. The van der Waals surface area contributed by atoms with Crippen LogP contribution in [0.15, 0.2) is 24.3 Å². The third-order valence-electron chi connectivity index (χ3n) is 4.21. The molecule has 1 aromatic carbocycles. The van der Waals surface area contributed by atoms with Crippen molar-refractivity contribution in [2.24, 2.45) is 0 Å². The van der Waals surface area contributed by atoms with Gasteiger partial charge >= 0.3 is 29.8 Å². The van der Waals surface area contributed by atoms with Crippen molar-refractivity contribution < 1.29 is 47.7 Å². The summed E-state index contributed by atoms with van der Waals surface area (Å²) in [7, 11) is 0. The van der Waals surface area contributed by atoms with Crippen molar-refractivity contribution in [1.29, 1.82) is 0 Å². The minimum atomic E-state index is -1.51. The quantitative estimate of drug-likeness (QED) is 0.353. The van der Waals surface area contributed by atoms with E-state index in [0.717, 1.165) is 39.3 Å². The molecule has 0 aliphatic carbocycles. The second-order valence-corrected chi connectivity index (χ2v) is 8.21. The summed E-state index contributed by atoms with van der Waals surface area (Å²) in [4.78, 5) is 63.6. The molecule has 2 aromatic rings. The highest BCUT2D eigenvalue weighted by Crippen LogP contribution is 2.35. The van der Waals surface area contributed by atoms with Crippen LogP contribution in [-0.2, 0) is 47.7 Å². The van der Waals surface area contributed by atoms with Gasteiger partial charge in [-0.05, 0) is 12.1 Å². The van der Waals surface area contributed by atoms with Gasteiger partial charge in [-0.25, -0.2) is 4.98 Å². The van der Waals surface area contributed by atoms with E-state index in [0.29, 0.717) is 5.52 Å². The van der Waals surface area contributed by atoms with E-state index in [4.69, 9.17) is 23.7 Å². The predicted molar refractivity (Wildman–Crippen MR) is 117 cm³/mol. The predicted octanol–water partition coefficient (Wildman–Crippen LogP) is 2.26. The first-order valence-electron chi connectivity index (χ1n) is 10.2. The van der Waals surface area contributed by atoms with Gasteiger partial charge in [0.15, 0.2) is 24.4 Å². The van der Waals surface area contributed by atoms with Crippen LogP contribution >= 0.6 is 11.3 Å². The lowest BCUT2D eigenvalue weighted by atomic mass is 10.0. The molecule has 0 saturated carbocycles. The van der Waals surface area contributed by atoms with Crippen molar-refractivity contribution in [2.75, 3.05) is 6.61 Å². The van der Waals surface area contributed by atoms with Gasteiger partial charge in [0.25, 0.3) is 0 Å². The number of hydrogen-bond acceptors (Lipinski definition) is 12. The van der Waals surface area contributed by atoms with Crippen LogP contribution in [0.1, 0.15) is 45.7 Å². The summed E-state index contributed by atoms with van der Waals surface area (Å²) in [5.41, 5.74) is 0.599. The van der Waals surface area contributed by atoms with E-state index in [1.807, 2.05) is 0 Å². The van der Waals surface area contributed by atoms with E-state index < -0.39 is 60.9 Å². The molecule has 11 nitrogen and oxygen atoms in total. The molecule has 0 fully saturated rings. The highest BCUT2D eigenvalue weighted by Gasteiger charge is 2.45. The maximum atomic E-state index is 12.0. The van der Waals surface area contributed by atoms with Gasteiger partial charge in [0.05, 0.1) is 10.2 Å². The van der Waals surface area contributed by atoms with Gasteiger partial charge in [-0.1, -0.05) is 12.1 Å². The highest BCUT2D eigenvalue weighted by atomic mass is 32.1. The first-order chi connectivity index (χ1) is 16.0. The molecule has 4 atom stereocenters. The Morgan fingerprint density at radius 3 is 1.85 bits per heavy atom. The minimum absolute atomic E-state index is 0.244. The van der Waals surface area contributed by atoms with E-state index in [9.17, 15) is 24.0 Å². The average molecular weight is 496 g/mol. The fourth-order valence-corrected chi connectivity index (χ4v) is 4.13. The van der Waals surface area contributed by atoms with E-state index in [2.05, 4.69) is 4.98 Å². The molecule has 1 heterocycles. The molecule has 2 rings (SSSR count). The van der Waals surface area contributed by atoms with Crippen LogP contribution in [0.5, 0.6) is 0 Å². The highest BCUT2D eigenvalue weighted by molar-refractivity contribution is 7.18. The van der Waals surface area contributed by atoms with Crippen LogP contribution in [0.2, 0.25) is 0 Å². The number of hydrogen-bond donors (Lipinski definition) is 0. The van der Waals surface area contributed by atoms with Crippen LogP contribution in [-0.4, -0.2) is 59.7 Å².